The first-order valence-corrected chi connectivity index (χ1v) is 17.2. The van der Waals surface area contributed by atoms with Crippen molar-refractivity contribution in [3.8, 4) is 0 Å². The van der Waals surface area contributed by atoms with E-state index in [-0.39, 0.29) is 30.8 Å². The van der Waals surface area contributed by atoms with Gasteiger partial charge in [0.25, 0.3) is 0 Å². The lowest BCUT2D eigenvalue weighted by atomic mass is 9.94. The van der Waals surface area contributed by atoms with Gasteiger partial charge in [0.15, 0.2) is 0 Å². The minimum absolute atomic E-state index is 0.117. The van der Waals surface area contributed by atoms with Gasteiger partial charge in [0.05, 0.1) is 11.9 Å². The molecule has 1 unspecified atom stereocenters. The van der Waals surface area contributed by atoms with E-state index in [0.717, 1.165) is 47.9 Å². The van der Waals surface area contributed by atoms with Gasteiger partial charge in [0.2, 0.25) is 21.8 Å². The summed E-state index contributed by atoms with van der Waals surface area (Å²) in [5.41, 5.74) is 4.47. The third-order valence-electron chi connectivity index (χ3n) is 8.07. The SMILES string of the molecule is Cc1cc(C)cc(N(CCCC(=O)N(Cc2ccccc2)C(Cc2ccccc2)C(=O)NC2CCCCC2)S(C)(=O)=O)c1. The summed E-state index contributed by atoms with van der Waals surface area (Å²) in [6.07, 6.45) is 7.32. The Morgan fingerprint density at radius 2 is 1.44 bits per heavy atom. The topological polar surface area (TPSA) is 86.8 Å². The Bertz CT molecular complexity index is 1430. The van der Waals surface area contributed by atoms with Crippen molar-refractivity contribution >= 4 is 27.5 Å². The number of carbonyl (C=O) groups is 2. The number of sulfonamides is 1. The van der Waals surface area contributed by atoms with Gasteiger partial charge in [-0.15, -0.1) is 0 Å². The monoisotopic (exact) mass is 603 g/mol. The third kappa shape index (κ3) is 9.68. The van der Waals surface area contributed by atoms with Crippen molar-refractivity contribution in [2.24, 2.45) is 0 Å². The maximum absolute atomic E-state index is 14.0. The summed E-state index contributed by atoms with van der Waals surface area (Å²) in [5.74, 6) is -0.300. The number of hydrogen-bond donors (Lipinski definition) is 1. The van der Waals surface area contributed by atoms with Gasteiger partial charge in [-0.2, -0.15) is 0 Å². The molecule has 0 saturated heterocycles. The predicted octanol–water partition coefficient (Wildman–Crippen LogP) is 5.94. The molecule has 0 bridgehead atoms. The highest BCUT2D eigenvalue weighted by Gasteiger charge is 2.32. The number of hydrogen-bond acceptors (Lipinski definition) is 4. The van der Waals surface area contributed by atoms with Crippen molar-refractivity contribution in [2.75, 3.05) is 17.1 Å². The second-order valence-corrected chi connectivity index (χ2v) is 13.7. The van der Waals surface area contributed by atoms with E-state index in [2.05, 4.69) is 5.32 Å². The van der Waals surface area contributed by atoms with Gasteiger partial charge < -0.3 is 10.2 Å². The number of nitrogens with zero attached hydrogens (tertiary/aromatic N) is 2. The Kier molecular flexibility index (Phi) is 11.4. The molecule has 1 atom stereocenters. The lowest BCUT2D eigenvalue weighted by Crippen LogP contribution is -2.52. The van der Waals surface area contributed by atoms with Gasteiger partial charge in [-0.25, -0.2) is 8.42 Å². The lowest BCUT2D eigenvalue weighted by molar-refractivity contribution is -0.141. The second-order valence-electron chi connectivity index (χ2n) is 11.8. The summed E-state index contributed by atoms with van der Waals surface area (Å²) in [4.78, 5) is 29.6. The first-order chi connectivity index (χ1) is 20.6. The number of anilines is 1. The number of amides is 2. The molecular formula is C35H45N3O4S. The van der Waals surface area contributed by atoms with E-state index in [1.54, 1.807) is 4.90 Å². The number of aryl methyl sites for hydroxylation is 2. The van der Waals surface area contributed by atoms with Gasteiger partial charge in [-0.1, -0.05) is 86.0 Å². The zero-order chi connectivity index (χ0) is 30.8. The summed E-state index contributed by atoms with van der Waals surface area (Å²) >= 11 is 0. The summed E-state index contributed by atoms with van der Waals surface area (Å²) < 4.78 is 26.9. The van der Waals surface area contributed by atoms with Crippen LogP contribution in [0.3, 0.4) is 0 Å². The molecule has 1 fully saturated rings. The molecule has 1 saturated carbocycles. The van der Waals surface area contributed by atoms with Gasteiger partial charge in [-0.3, -0.25) is 13.9 Å². The van der Waals surface area contributed by atoms with Crippen LogP contribution in [0.15, 0.2) is 78.9 Å². The van der Waals surface area contributed by atoms with E-state index in [9.17, 15) is 18.0 Å². The fourth-order valence-electron chi connectivity index (χ4n) is 5.98. The molecule has 1 aliphatic carbocycles. The first kappa shape index (κ1) is 32.3. The van der Waals surface area contributed by atoms with E-state index in [1.807, 2.05) is 92.7 Å². The number of nitrogens with one attached hydrogen (secondary N) is 1. The van der Waals surface area contributed by atoms with E-state index in [4.69, 9.17) is 0 Å². The third-order valence-corrected chi connectivity index (χ3v) is 9.26. The molecular weight excluding hydrogens is 558 g/mol. The second kappa shape index (κ2) is 15.2. The zero-order valence-corrected chi connectivity index (χ0v) is 26.5. The molecule has 230 valence electrons. The molecule has 0 spiro atoms. The molecule has 7 nitrogen and oxygen atoms in total. The van der Waals surface area contributed by atoms with Gasteiger partial charge in [0, 0.05) is 32.0 Å². The van der Waals surface area contributed by atoms with Crippen LogP contribution >= 0.6 is 0 Å². The zero-order valence-electron chi connectivity index (χ0n) is 25.7. The minimum Gasteiger partial charge on any atom is -0.352 e. The van der Waals surface area contributed by atoms with E-state index >= 15 is 0 Å². The Labute approximate surface area is 257 Å². The molecule has 1 N–H and O–H groups in total. The highest BCUT2D eigenvalue weighted by Crippen LogP contribution is 2.23. The van der Waals surface area contributed by atoms with Crippen LogP contribution in [0.2, 0.25) is 0 Å². The molecule has 0 aromatic heterocycles. The van der Waals surface area contributed by atoms with Crippen LogP contribution in [0, 0.1) is 13.8 Å². The van der Waals surface area contributed by atoms with Gasteiger partial charge in [-0.05, 0) is 67.5 Å². The van der Waals surface area contributed by atoms with Gasteiger partial charge in [0.1, 0.15) is 6.04 Å². The maximum atomic E-state index is 14.0. The quantitative estimate of drug-likeness (QED) is 0.262. The molecule has 2 amide bonds. The van der Waals surface area contributed by atoms with Crippen molar-refractivity contribution < 1.29 is 18.0 Å². The summed E-state index contributed by atoms with van der Waals surface area (Å²) in [5, 5.41) is 3.27. The van der Waals surface area contributed by atoms with E-state index in [0.29, 0.717) is 25.1 Å². The Morgan fingerprint density at radius 3 is 2.02 bits per heavy atom. The fourth-order valence-corrected chi connectivity index (χ4v) is 6.93. The molecule has 8 heteroatoms. The Hall–Kier alpha value is -3.65. The number of rotatable bonds is 13. The molecule has 0 heterocycles. The van der Waals surface area contributed by atoms with Crippen LogP contribution in [-0.2, 0) is 32.6 Å². The lowest BCUT2D eigenvalue weighted by Gasteiger charge is -2.34. The highest BCUT2D eigenvalue weighted by atomic mass is 32.2. The molecule has 3 aromatic rings. The number of benzene rings is 3. The molecule has 0 aliphatic heterocycles. The van der Waals surface area contributed by atoms with Crippen LogP contribution in [0.4, 0.5) is 5.69 Å². The summed E-state index contributed by atoms with van der Waals surface area (Å²) in [6.45, 7) is 4.34. The molecule has 0 radical (unpaired) electrons. The predicted molar refractivity (Wildman–Crippen MR) is 173 cm³/mol. The standard InChI is InChI=1S/C35H45N3O4S/c1-27-22-28(2)24-32(23-27)38(43(3,41)42)21-13-20-34(39)37(26-30-16-9-5-10-17-30)33(25-29-14-7-4-8-15-29)35(40)36-31-18-11-6-12-19-31/h4-5,7-10,14-17,22-24,31,33H,6,11-13,18-21,25-26H2,1-3H3,(H,36,40). The van der Waals surface area contributed by atoms with Gasteiger partial charge >= 0.3 is 0 Å². The van der Waals surface area contributed by atoms with Crippen molar-refractivity contribution in [1.29, 1.82) is 0 Å². The Balaban J connectivity index is 1.58. The average Bonchev–Trinajstić information content (AvgIpc) is 2.97. The van der Waals surface area contributed by atoms with Crippen LogP contribution in [0.25, 0.3) is 0 Å². The normalized spacial score (nSPS) is 14.6. The minimum atomic E-state index is -3.56. The number of carbonyl (C=O) groups excluding carboxylic acids is 2. The van der Waals surface area contributed by atoms with Crippen LogP contribution in [-0.4, -0.2) is 50.0 Å². The van der Waals surface area contributed by atoms with Crippen molar-refractivity contribution in [2.45, 2.75) is 83.8 Å². The van der Waals surface area contributed by atoms with Crippen LogP contribution in [0.1, 0.15) is 67.2 Å². The van der Waals surface area contributed by atoms with Crippen molar-refractivity contribution in [3.05, 3.63) is 101 Å². The molecule has 4 rings (SSSR count). The largest absolute Gasteiger partial charge is 0.352 e. The average molecular weight is 604 g/mol. The van der Waals surface area contributed by atoms with Crippen LogP contribution < -0.4 is 9.62 Å². The van der Waals surface area contributed by atoms with Crippen molar-refractivity contribution in [3.63, 3.8) is 0 Å². The fraction of sp³-hybridized carbons (Fsp3) is 0.429. The highest BCUT2D eigenvalue weighted by molar-refractivity contribution is 7.92. The molecule has 3 aromatic carbocycles. The van der Waals surface area contributed by atoms with E-state index in [1.165, 1.54) is 17.0 Å². The summed E-state index contributed by atoms with van der Waals surface area (Å²) in [6, 6.07) is 24.7. The molecule has 43 heavy (non-hydrogen) atoms. The first-order valence-electron chi connectivity index (χ1n) is 15.3. The van der Waals surface area contributed by atoms with Crippen LogP contribution in [0.5, 0.6) is 0 Å². The smallest absolute Gasteiger partial charge is 0.243 e. The summed E-state index contributed by atoms with van der Waals surface area (Å²) in [7, 11) is -3.56. The van der Waals surface area contributed by atoms with Crippen molar-refractivity contribution in [1.82, 2.24) is 10.2 Å². The Morgan fingerprint density at radius 1 is 0.860 bits per heavy atom. The molecule has 1 aliphatic rings. The van der Waals surface area contributed by atoms with E-state index < -0.39 is 16.1 Å². The maximum Gasteiger partial charge on any atom is 0.243 e.